The predicted molar refractivity (Wildman–Crippen MR) is 87.1 cm³/mol. The average molecular weight is 334 g/mol. The van der Waals surface area contributed by atoms with E-state index in [1.165, 1.54) is 26.1 Å². The quantitative estimate of drug-likeness (QED) is 0.796. The van der Waals surface area contributed by atoms with Crippen molar-refractivity contribution in [1.29, 1.82) is 0 Å². The number of hydrogen-bond acceptors (Lipinski definition) is 4. The number of amides is 2. The van der Waals surface area contributed by atoms with Gasteiger partial charge in [0.1, 0.15) is 11.3 Å². The molecular weight excluding hydrogens is 318 g/mol. The van der Waals surface area contributed by atoms with E-state index >= 15 is 0 Å². The number of aromatic hydroxyl groups is 1. The van der Waals surface area contributed by atoms with Crippen LogP contribution in [0.25, 0.3) is 11.1 Å². The van der Waals surface area contributed by atoms with Crippen LogP contribution < -0.4 is 11.1 Å². The van der Waals surface area contributed by atoms with Crippen molar-refractivity contribution in [3.05, 3.63) is 47.2 Å². The fraction of sp³-hybridized carbons (Fsp3) is 0.188. The van der Waals surface area contributed by atoms with Crippen LogP contribution in [0.1, 0.15) is 24.3 Å². The highest BCUT2D eigenvalue weighted by molar-refractivity contribution is 6.33. The molecule has 0 saturated heterocycles. The van der Waals surface area contributed by atoms with Crippen LogP contribution in [0.4, 0.5) is 0 Å². The Balaban J connectivity index is 2.32. The van der Waals surface area contributed by atoms with E-state index in [4.69, 9.17) is 17.3 Å². The first kappa shape index (κ1) is 16.8. The molecule has 2 amide bonds. The van der Waals surface area contributed by atoms with Crippen molar-refractivity contribution < 1.29 is 14.7 Å². The van der Waals surface area contributed by atoms with E-state index in [0.717, 1.165) is 0 Å². The summed E-state index contributed by atoms with van der Waals surface area (Å²) in [4.78, 5) is 27.4. The first-order valence-corrected chi connectivity index (χ1v) is 7.16. The zero-order valence-corrected chi connectivity index (χ0v) is 13.4. The first-order valence-electron chi connectivity index (χ1n) is 6.78. The second-order valence-corrected chi connectivity index (χ2v) is 5.92. The molecule has 0 saturated carbocycles. The number of aromatic nitrogens is 1. The summed E-state index contributed by atoms with van der Waals surface area (Å²) >= 11 is 6.10. The van der Waals surface area contributed by atoms with Gasteiger partial charge in [-0.3, -0.25) is 9.59 Å². The fourth-order valence-electron chi connectivity index (χ4n) is 1.88. The number of primary amides is 1. The van der Waals surface area contributed by atoms with Gasteiger partial charge in [-0.25, -0.2) is 4.98 Å². The number of nitrogens with one attached hydrogen (secondary N) is 1. The predicted octanol–water partition coefficient (Wildman–Crippen LogP) is 2.10. The third kappa shape index (κ3) is 3.60. The molecule has 23 heavy (non-hydrogen) atoms. The first-order chi connectivity index (χ1) is 10.7. The second kappa shape index (κ2) is 6.26. The van der Waals surface area contributed by atoms with E-state index in [-0.39, 0.29) is 11.4 Å². The molecule has 1 aromatic carbocycles. The van der Waals surface area contributed by atoms with E-state index in [1.54, 1.807) is 24.3 Å². The minimum absolute atomic E-state index is 0.199. The Morgan fingerprint density at radius 1 is 1.30 bits per heavy atom. The molecule has 0 fully saturated rings. The number of benzene rings is 1. The van der Waals surface area contributed by atoms with Crippen molar-refractivity contribution in [2.24, 2.45) is 5.73 Å². The maximum Gasteiger partial charge on any atom is 0.274 e. The zero-order valence-electron chi connectivity index (χ0n) is 12.6. The van der Waals surface area contributed by atoms with Gasteiger partial charge in [0.05, 0.1) is 0 Å². The summed E-state index contributed by atoms with van der Waals surface area (Å²) in [5.41, 5.74) is 4.99. The smallest absolute Gasteiger partial charge is 0.274 e. The topological polar surface area (TPSA) is 105 Å². The number of carbonyl (C=O) groups excluding carboxylic acids is 2. The van der Waals surface area contributed by atoms with E-state index in [9.17, 15) is 14.7 Å². The van der Waals surface area contributed by atoms with Crippen LogP contribution in [0.5, 0.6) is 5.75 Å². The summed E-state index contributed by atoms with van der Waals surface area (Å²) < 4.78 is 0. The van der Waals surface area contributed by atoms with Gasteiger partial charge in [0.25, 0.3) is 5.91 Å². The molecule has 2 rings (SSSR count). The van der Waals surface area contributed by atoms with Gasteiger partial charge in [0.15, 0.2) is 5.69 Å². The van der Waals surface area contributed by atoms with Crippen molar-refractivity contribution in [2.45, 2.75) is 19.4 Å². The van der Waals surface area contributed by atoms with Crippen LogP contribution in [0, 0.1) is 0 Å². The van der Waals surface area contributed by atoms with Crippen molar-refractivity contribution in [3.8, 4) is 16.9 Å². The molecule has 0 atom stereocenters. The van der Waals surface area contributed by atoms with Gasteiger partial charge in [-0.1, -0.05) is 29.8 Å². The summed E-state index contributed by atoms with van der Waals surface area (Å²) in [6.07, 6.45) is 1.42. The molecule has 4 N–H and O–H groups in total. The van der Waals surface area contributed by atoms with Crippen molar-refractivity contribution in [2.75, 3.05) is 0 Å². The number of pyridine rings is 1. The molecule has 0 aliphatic heterocycles. The lowest BCUT2D eigenvalue weighted by Crippen LogP contribution is -2.53. The second-order valence-electron chi connectivity index (χ2n) is 5.51. The number of hydrogen-bond donors (Lipinski definition) is 3. The third-order valence-corrected chi connectivity index (χ3v) is 3.64. The van der Waals surface area contributed by atoms with Crippen molar-refractivity contribution in [1.82, 2.24) is 10.3 Å². The van der Waals surface area contributed by atoms with Gasteiger partial charge in [0.2, 0.25) is 5.91 Å². The molecule has 0 spiro atoms. The van der Waals surface area contributed by atoms with Crippen LogP contribution in [-0.4, -0.2) is 27.4 Å². The van der Waals surface area contributed by atoms with E-state index in [0.29, 0.717) is 16.1 Å². The molecule has 7 heteroatoms. The van der Waals surface area contributed by atoms with Crippen LogP contribution in [0.2, 0.25) is 5.02 Å². The summed E-state index contributed by atoms with van der Waals surface area (Å²) in [6, 6.07) is 8.46. The Kier molecular flexibility index (Phi) is 4.56. The number of nitrogens with zero attached hydrogens (tertiary/aromatic N) is 1. The molecule has 120 valence electrons. The van der Waals surface area contributed by atoms with E-state index < -0.39 is 17.4 Å². The average Bonchev–Trinajstić information content (AvgIpc) is 2.46. The summed E-state index contributed by atoms with van der Waals surface area (Å²) in [5, 5.41) is 13.0. The minimum atomic E-state index is -1.26. The lowest BCUT2D eigenvalue weighted by molar-refractivity contribution is -0.122. The summed E-state index contributed by atoms with van der Waals surface area (Å²) in [6.45, 7) is 2.92. The minimum Gasteiger partial charge on any atom is -0.505 e. The molecule has 0 aliphatic rings. The third-order valence-electron chi connectivity index (χ3n) is 3.31. The van der Waals surface area contributed by atoms with Gasteiger partial charge in [-0.2, -0.15) is 0 Å². The summed E-state index contributed by atoms with van der Waals surface area (Å²) in [7, 11) is 0. The highest BCUT2D eigenvalue weighted by Gasteiger charge is 2.29. The van der Waals surface area contributed by atoms with Crippen molar-refractivity contribution >= 4 is 23.4 Å². The van der Waals surface area contributed by atoms with Crippen LogP contribution in [0.15, 0.2) is 36.5 Å². The number of nitrogens with two attached hydrogens (primary N) is 1. The van der Waals surface area contributed by atoms with Gasteiger partial charge in [-0.15, -0.1) is 0 Å². The van der Waals surface area contributed by atoms with Crippen molar-refractivity contribution in [3.63, 3.8) is 0 Å². The number of rotatable bonds is 4. The Morgan fingerprint density at radius 2 is 1.96 bits per heavy atom. The molecule has 1 aromatic heterocycles. The lowest BCUT2D eigenvalue weighted by Gasteiger charge is -2.22. The van der Waals surface area contributed by atoms with Gasteiger partial charge in [-0.05, 0) is 26.0 Å². The fourth-order valence-corrected chi connectivity index (χ4v) is 2.12. The highest BCUT2D eigenvalue weighted by atomic mass is 35.5. The Bertz CT molecular complexity index is 775. The SMILES string of the molecule is CC(C)(NC(=O)c1ncc(-c2ccccc2Cl)cc1O)C(N)=O. The summed E-state index contributed by atoms with van der Waals surface area (Å²) in [5.74, 6) is -1.71. The molecule has 0 bridgehead atoms. The van der Waals surface area contributed by atoms with Crippen LogP contribution >= 0.6 is 11.6 Å². The molecule has 2 aromatic rings. The Morgan fingerprint density at radius 3 is 2.52 bits per heavy atom. The molecule has 0 unspecified atom stereocenters. The maximum atomic E-state index is 12.1. The van der Waals surface area contributed by atoms with Gasteiger partial charge >= 0.3 is 0 Å². The highest BCUT2D eigenvalue weighted by Crippen LogP contribution is 2.30. The maximum absolute atomic E-state index is 12.1. The molecule has 1 heterocycles. The number of halogens is 1. The molecular formula is C16H16ClN3O3. The normalized spacial score (nSPS) is 11.1. The molecule has 0 aliphatic carbocycles. The largest absolute Gasteiger partial charge is 0.505 e. The van der Waals surface area contributed by atoms with Crippen LogP contribution in [0.3, 0.4) is 0 Å². The Labute approximate surface area is 138 Å². The van der Waals surface area contributed by atoms with Gasteiger partial charge in [0, 0.05) is 22.3 Å². The lowest BCUT2D eigenvalue weighted by atomic mass is 10.0. The zero-order chi connectivity index (χ0) is 17.2. The monoisotopic (exact) mass is 333 g/mol. The number of carbonyl (C=O) groups is 2. The standard InChI is InChI=1S/C16H16ClN3O3/c1-16(2,15(18)23)20-14(22)13-12(21)7-9(8-19-13)10-5-3-4-6-11(10)17/h3-8,21H,1-2H3,(H2,18,23)(H,20,22). The van der Waals surface area contributed by atoms with Gasteiger partial charge < -0.3 is 16.2 Å². The Hall–Kier alpha value is -2.60. The van der Waals surface area contributed by atoms with E-state index in [1.807, 2.05) is 0 Å². The van der Waals surface area contributed by atoms with E-state index in [2.05, 4.69) is 10.3 Å². The van der Waals surface area contributed by atoms with Crippen LogP contribution in [-0.2, 0) is 4.79 Å². The molecule has 0 radical (unpaired) electrons. The molecule has 6 nitrogen and oxygen atoms in total.